The van der Waals surface area contributed by atoms with Crippen LogP contribution in [0.15, 0.2) is 0 Å². The molecule has 2 unspecified atom stereocenters. The number of hydrogen-bond donors (Lipinski definition) is 0. The van der Waals surface area contributed by atoms with Crippen LogP contribution in [0, 0.1) is 0 Å². The first-order valence-electron chi connectivity index (χ1n) is 6.53. The van der Waals surface area contributed by atoms with Crippen LogP contribution in [0.3, 0.4) is 0 Å². The van der Waals surface area contributed by atoms with Gasteiger partial charge in [-0.2, -0.15) is 0 Å². The standard InChI is InChI=1S/C7H12O3.C6H12O3/c1-6(8)10-7-4-2-3-5-9-7;1-4-8-6(3)9-5(2)7/h7H,2-5H2,1H3;6H,4H2,1-3H3. The fraction of sp³-hybridized carbons (Fsp3) is 0.846. The van der Waals surface area contributed by atoms with Crippen molar-refractivity contribution in [3.8, 4) is 0 Å². The molecule has 2 atom stereocenters. The Balaban J connectivity index is 0.000000344. The predicted octanol–water partition coefficient (Wildman–Crippen LogP) is 2.01. The van der Waals surface area contributed by atoms with Crippen molar-refractivity contribution in [3.05, 3.63) is 0 Å². The molecule has 6 nitrogen and oxygen atoms in total. The highest BCUT2D eigenvalue weighted by atomic mass is 16.7. The first-order chi connectivity index (χ1) is 8.95. The van der Waals surface area contributed by atoms with Crippen molar-refractivity contribution in [1.82, 2.24) is 0 Å². The van der Waals surface area contributed by atoms with Gasteiger partial charge in [0, 0.05) is 26.9 Å². The maximum Gasteiger partial charge on any atom is 0.304 e. The number of carbonyl (C=O) groups excluding carboxylic acids is 2. The molecule has 0 saturated carbocycles. The van der Waals surface area contributed by atoms with E-state index in [2.05, 4.69) is 4.74 Å². The summed E-state index contributed by atoms with van der Waals surface area (Å²) in [5, 5.41) is 0. The second kappa shape index (κ2) is 10.8. The molecular weight excluding hydrogens is 252 g/mol. The van der Waals surface area contributed by atoms with Gasteiger partial charge in [-0.05, 0) is 26.7 Å². The largest absolute Gasteiger partial charge is 0.436 e. The molecule has 1 fully saturated rings. The van der Waals surface area contributed by atoms with E-state index in [4.69, 9.17) is 14.2 Å². The van der Waals surface area contributed by atoms with Gasteiger partial charge in [-0.1, -0.05) is 0 Å². The van der Waals surface area contributed by atoms with Crippen molar-refractivity contribution < 1.29 is 28.5 Å². The Hall–Kier alpha value is -1.14. The average Bonchev–Trinajstić information content (AvgIpc) is 2.29. The van der Waals surface area contributed by atoms with E-state index in [1.165, 1.54) is 13.8 Å². The van der Waals surface area contributed by atoms with Gasteiger partial charge in [0.05, 0.1) is 6.61 Å². The number of rotatable bonds is 4. The summed E-state index contributed by atoms with van der Waals surface area (Å²) in [7, 11) is 0. The van der Waals surface area contributed by atoms with Crippen LogP contribution in [0.4, 0.5) is 0 Å². The first-order valence-corrected chi connectivity index (χ1v) is 6.53. The predicted molar refractivity (Wildman–Crippen MR) is 68.2 cm³/mol. The van der Waals surface area contributed by atoms with Crippen LogP contribution >= 0.6 is 0 Å². The molecular formula is C13H24O6. The van der Waals surface area contributed by atoms with E-state index < -0.39 is 6.29 Å². The van der Waals surface area contributed by atoms with E-state index in [9.17, 15) is 9.59 Å². The number of ether oxygens (including phenoxy) is 4. The molecule has 1 aliphatic heterocycles. The maximum absolute atomic E-state index is 10.4. The second-order valence-electron chi connectivity index (χ2n) is 4.04. The summed E-state index contributed by atoms with van der Waals surface area (Å²) in [6.45, 7) is 7.57. The van der Waals surface area contributed by atoms with Gasteiger partial charge in [-0.25, -0.2) is 0 Å². The zero-order chi connectivity index (χ0) is 14.7. The molecule has 1 aliphatic rings. The van der Waals surface area contributed by atoms with E-state index in [0.717, 1.165) is 25.9 Å². The molecule has 19 heavy (non-hydrogen) atoms. The molecule has 6 heteroatoms. The van der Waals surface area contributed by atoms with Gasteiger partial charge in [0.25, 0.3) is 0 Å². The quantitative estimate of drug-likeness (QED) is 0.578. The first kappa shape index (κ1) is 17.9. The highest BCUT2D eigenvalue weighted by Gasteiger charge is 2.15. The van der Waals surface area contributed by atoms with Crippen LogP contribution in [-0.2, 0) is 28.5 Å². The molecule has 112 valence electrons. The minimum Gasteiger partial charge on any atom is -0.436 e. The van der Waals surface area contributed by atoms with Gasteiger partial charge in [0.2, 0.25) is 6.29 Å². The van der Waals surface area contributed by atoms with Gasteiger partial charge in [-0.15, -0.1) is 0 Å². The topological polar surface area (TPSA) is 71.1 Å². The van der Waals surface area contributed by atoms with Crippen LogP contribution in [0.2, 0.25) is 0 Å². The van der Waals surface area contributed by atoms with Crippen molar-refractivity contribution in [3.63, 3.8) is 0 Å². The Morgan fingerprint density at radius 1 is 1.26 bits per heavy atom. The Labute approximate surface area is 114 Å². The van der Waals surface area contributed by atoms with Gasteiger partial charge in [-0.3, -0.25) is 9.59 Å². The van der Waals surface area contributed by atoms with Gasteiger partial charge < -0.3 is 18.9 Å². The molecule has 0 radical (unpaired) electrons. The molecule has 1 heterocycles. The lowest BCUT2D eigenvalue weighted by molar-refractivity contribution is -0.184. The van der Waals surface area contributed by atoms with Gasteiger partial charge in [0.1, 0.15) is 0 Å². The van der Waals surface area contributed by atoms with E-state index in [0.29, 0.717) is 6.61 Å². The third-order valence-corrected chi connectivity index (χ3v) is 2.17. The molecule has 0 spiro atoms. The summed E-state index contributed by atoms with van der Waals surface area (Å²) in [5.74, 6) is -0.567. The summed E-state index contributed by atoms with van der Waals surface area (Å²) in [6, 6.07) is 0. The molecule has 0 bridgehead atoms. The van der Waals surface area contributed by atoms with Crippen LogP contribution in [-0.4, -0.2) is 37.7 Å². The third-order valence-electron chi connectivity index (χ3n) is 2.17. The molecule has 0 aromatic rings. The highest BCUT2D eigenvalue weighted by molar-refractivity contribution is 5.66. The number of carbonyl (C=O) groups is 2. The van der Waals surface area contributed by atoms with Crippen molar-refractivity contribution in [2.45, 2.75) is 59.5 Å². The Morgan fingerprint density at radius 3 is 2.37 bits per heavy atom. The van der Waals surface area contributed by atoms with E-state index >= 15 is 0 Å². The Morgan fingerprint density at radius 2 is 1.95 bits per heavy atom. The molecule has 1 saturated heterocycles. The summed E-state index contributed by atoms with van der Waals surface area (Å²) in [5.41, 5.74) is 0. The average molecular weight is 276 g/mol. The zero-order valence-electron chi connectivity index (χ0n) is 12.1. The molecule has 0 aromatic heterocycles. The second-order valence-corrected chi connectivity index (χ2v) is 4.04. The Bertz CT molecular complexity index is 260. The smallest absolute Gasteiger partial charge is 0.304 e. The Kier molecular flexibility index (Phi) is 10.1. The van der Waals surface area contributed by atoms with Crippen molar-refractivity contribution in [2.75, 3.05) is 13.2 Å². The summed E-state index contributed by atoms with van der Waals surface area (Å²) in [6.07, 6.45) is 2.34. The lowest BCUT2D eigenvalue weighted by Crippen LogP contribution is -2.24. The number of esters is 2. The fourth-order valence-corrected chi connectivity index (χ4v) is 1.49. The lowest BCUT2D eigenvalue weighted by Gasteiger charge is -2.21. The molecule has 1 rings (SSSR count). The van der Waals surface area contributed by atoms with Crippen molar-refractivity contribution in [2.24, 2.45) is 0 Å². The van der Waals surface area contributed by atoms with Crippen molar-refractivity contribution >= 4 is 11.9 Å². The van der Waals surface area contributed by atoms with Crippen LogP contribution in [0.1, 0.15) is 47.0 Å². The molecule has 0 amide bonds. The minimum atomic E-state index is -0.410. The third kappa shape index (κ3) is 11.7. The summed E-state index contributed by atoms with van der Waals surface area (Å²) in [4.78, 5) is 20.6. The van der Waals surface area contributed by atoms with Gasteiger partial charge >= 0.3 is 11.9 Å². The van der Waals surface area contributed by atoms with Crippen molar-refractivity contribution in [1.29, 1.82) is 0 Å². The fourth-order valence-electron chi connectivity index (χ4n) is 1.49. The minimum absolute atomic E-state index is 0.257. The maximum atomic E-state index is 10.4. The lowest BCUT2D eigenvalue weighted by atomic mass is 10.2. The zero-order valence-corrected chi connectivity index (χ0v) is 12.1. The van der Waals surface area contributed by atoms with Crippen LogP contribution in [0.25, 0.3) is 0 Å². The van der Waals surface area contributed by atoms with E-state index in [1.54, 1.807) is 6.92 Å². The monoisotopic (exact) mass is 276 g/mol. The normalized spacial score (nSPS) is 19.7. The molecule has 0 aromatic carbocycles. The van der Waals surface area contributed by atoms with Crippen LogP contribution < -0.4 is 0 Å². The highest BCUT2D eigenvalue weighted by Crippen LogP contribution is 2.13. The van der Waals surface area contributed by atoms with E-state index in [1.807, 2.05) is 6.92 Å². The van der Waals surface area contributed by atoms with E-state index in [-0.39, 0.29) is 18.2 Å². The summed E-state index contributed by atoms with van der Waals surface area (Å²) >= 11 is 0. The van der Waals surface area contributed by atoms with Gasteiger partial charge in [0.15, 0.2) is 6.29 Å². The molecule has 0 N–H and O–H groups in total. The SMILES string of the molecule is CC(=O)OC1CCCCO1.CCOC(C)OC(C)=O. The summed E-state index contributed by atoms with van der Waals surface area (Å²) < 4.78 is 19.5. The number of hydrogen-bond acceptors (Lipinski definition) is 6. The molecule has 0 aliphatic carbocycles. The van der Waals surface area contributed by atoms with Crippen LogP contribution in [0.5, 0.6) is 0 Å².